The smallest absolute Gasteiger partial charge is 0.255 e. The van der Waals surface area contributed by atoms with E-state index in [0.717, 1.165) is 0 Å². The molecule has 0 aromatic heterocycles. The van der Waals surface area contributed by atoms with Gasteiger partial charge in [-0.25, -0.2) is 0 Å². The Morgan fingerprint density at radius 2 is 1.91 bits per heavy atom. The Bertz CT molecular complexity index is 1270. The summed E-state index contributed by atoms with van der Waals surface area (Å²) in [6, 6.07) is 1.66. The number of phenols is 1. The van der Waals surface area contributed by atoms with E-state index in [1.165, 1.54) is 31.1 Å². The number of primary amides is 1. The fourth-order valence-electron chi connectivity index (χ4n) is 5.50. The van der Waals surface area contributed by atoms with Crippen molar-refractivity contribution in [3.63, 3.8) is 0 Å². The molecule has 3 aliphatic carbocycles. The summed E-state index contributed by atoms with van der Waals surface area (Å²) < 4.78 is 0. The zero-order valence-corrected chi connectivity index (χ0v) is 18.5. The maximum atomic E-state index is 13.7. The molecular formula is C24H24N2O8. The van der Waals surface area contributed by atoms with Gasteiger partial charge in [0.05, 0.1) is 11.6 Å². The van der Waals surface area contributed by atoms with E-state index < -0.39 is 64.7 Å². The van der Waals surface area contributed by atoms with Gasteiger partial charge < -0.3 is 31.3 Å². The normalized spacial score (nSPS) is 28.2. The molecule has 0 heterocycles. The molecule has 0 aliphatic heterocycles. The van der Waals surface area contributed by atoms with Crippen LogP contribution in [0.4, 0.5) is 0 Å². The van der Waals surface area contributed by atoms with Gasteiger partial charge in [-0.1, -0.05) is 11.8 Å². The van der Waals surface area contributed by atoms with Gasteiger partial charge >= 0.3 is 0 Å². The number of fused-ring (bicyclic) bond motifs is 3. The lowest BCUT2D eigenvalue weighted by atomic mass is 9.57. The van der Waals surface area contributed by atoms with Crippen LogP contribution < -0.4 is 5.73 Å². The Balaban J connectivity index is 1.98. The van der Waals surface area contributed by atoms with E-state index in [-0.39, 0.29) is 29.7 Å². The Labute approximate surface area is 194 Å². The van der Waals surface area contributed by atoms with Crippen LogP contribution >= 0.6 is 0 Å². The molecule has 4 rings (SSSR count). The van der Waals surface area contributed by atoms with Crippen LogP contribution in [-0.2, 0) is 20.8 Å². The molecule has 1 aromatic rings. The number of ketones is 2. The van der Waals surface area contributed by atoms with E-state index in [4.69, 9.17) is 10.8 Å². The first-order chi connectivity index (χ1) is 16.0. The van der Waals surface area contributed by atoms with Gasteiger partial charge in [0.15, 0.2) is 11.4 Å². The minimum atomic E-state index is -2.67. The average molecular weight is 468 g/mol. The SMILES string of the molecule is CN(C)[C@@H]1C(=O)C(C(N)=O)=C(O)[C@@]2(O)C(=O)C3=C(O)c4c(O)ccc(C#CCO)c4C[C@H]3C[C@@H]12. The molecule has 178 valence electrons. The first-order valence-corrected chi connectivity index (χ1v) is 10.6. The molecule has 10 heteroatoms. The van der Waals surface area contributed by atoms with Gasteiger partial charge in [0.25, 0.3) is 5.91 Å². The van der Waals surface area contributed by atoms with Gasteiger partial charge in [0.1, 0.15) is 29.4 Å². The van der Waals surface area contributed by atoms with Gasteiger partial charge in [0.2, 0.25) is 5.78 Å². The van der Waals surface area contributed by atoms with Crippen molar-refractivity contribution in [2.24, 2.45) is 17.6 Å². The van der Waals surface area contributed by atoms with Gasteiger partial charge in [-0.05, 0) is 50.6 Å². The Morgan fingerprint density at radius 3 is 2.50 bits per heavy atom. The molecule has 7 N–H and O–H groups in total. The maximum absolute atomic E-state index is 13.7. The second-order valence-corrected chi connectivity index (χ2v) is 8.91. The van der Waals surface area contributed by atoms with Crippen LogP contribution in [-0.4, -0.2) is 80.3 Å². The number of carbonyl (C=O) groups is 3. The number of amides is 1. The molecule has 0 unspecified atom stereocenters. The monoisotopic (exact) mass is 468 g/mol. The third-order valence-electron chi connectivity index (χ3n) is 6.91. The summed E-state index contributed by atoms with van der Waals surface area (Å²) in [6.07, 6.45) is 0.132. The highest BCUT2D eigenvalue weighted by molar-refractivity contribution is 6.24. The fourth-order valence-corrected chi connectivity index (χ4v) is 5.50. The first-order valence-electron chi connectivity index (χ1n) is 10.6. The van der Waals surface area contributed by atoms with Crippen LogP contribution in [0.15, 0.2) is 29.0 Å². The van der Waals surface area contributed by atoms with Crippen LogP contribution in [0.25, 0.3) is 5.76 Å². The lowest BCUT2D eigenvalue weighted by Gasteiger charge is -2.50. The third-order valence-corrected chi connectivity index (χ3v) is 6.91. The summed E-state index contributed by atoms with van der Waals surface area (Å²) in [7, 11) is 3.07. The van der Waals surface area contributed by atoms with Gasteiger partial charge in [-0.2, -0.15) is 0 Å². The number of carbonyl (C=O) groups excluding carboxylic acids is 3. The topological polar surface area (TPSA) is 182 Å². The molecule has 0 bridgehead atoms. The number of aromatic hydroxyl groups is 1. The van der Waals surface area contributed by atoms with Crippen molar-refractivity contribution in [2.45, 2.75) is 24.5 Å². The van der Waals surface area contributed by atoms with Crippen molar-refractivity contribution in [3.8, 4) is 17.6 Å². The Hall–Kier alpha value is -3.65. The maximum Gasteiger partial charge on any atom is 0.255 e. The predicted octanol–water partition coefficient (Wildman–Crippen LogP) is -0.692. The summed E-state index contributed by atoms with van der Waals surface area (Å²) in [5, 5.41) is 52.9. The van der Waals surface area contributed by atoms with Gasteiger partial charge in [0, 0.05) is 17.1 Å². The second-order valence-electron chi connectivity index (χ2n) is 8.91. The minimum Gasteiger partial charge on any atom is -0.508 e. The highest BCUT2D eigenvalue weighted by atomic mass is 16.3. The van der Waals surface area contributed by atoms with Crippen LogP contribution in [0.3, 0.4) is 0 Å². The van der Waals surface area contributed by atoms with E-state index in [0.29, 0.717) is 11.1 Å². The van der Waals surface area contributed by atoms with E-state index in [1.54, 1.807) is 0 Å². The van der Waals surface area contributed by atoms with E-state index in [1.807, 2.05) is 0 Å². The van der Waals surface area contributed by atoms with Gasteiger partial charge in [-0.3, -0.25) is 19.3 Å². The Morgan fingerprint density at radius 1 is 1.24 bits per heavy atom. The third kappa shape index (κ3) is 3.05. The standard InChI is InChI=1S/C24H24N2O8/c1-26(2)18-13-9-11-8-12-10(4-3-7-27)5-6-14(28)16(12)19(29)15(11)21(31)24(13,34)22(32)17(20(18)30)23(25)33/h5-6,11,13,18,27-29,32,34H,7-9H2,1-2H3,(H2,25,33)/t11-,13-,18-,24-/m0/s1. The number of benzene rings is 1. The molecule has 10 nitrogen and oxygen atoms in total. The summed E-state index contributed by atoms with van der Waals surface area (Å²) in [5.41, 5.74) is 2.38. The summed E-state index contributed by atoms with van der Waals surface area (Å²) >= 11 is 0. The molecule has 34 heavy (non-hydrogen) atoms. The first kappa shape index (κ1) is 23.5. The number of hydrogen-bond donors (Lipinski definition) is 6. The summed E-state index contributed by atoms with van der Waals surface area (Å²) in [6.45, 7) is -0.403. The van der Waals surface area contributed by atoms with Crippen molar-refractivity contribution < 1.29 is 39.9 Å². The average Bonchev–Trinajstić information content (AvgIpc) is 2.75. The highest BCUT2D eigenvalue weighted by Gasteiger charge is 2.64. The second kappa shape index (κ2) is 7.99. The number of likely N-dealkylation sites (N-methyl/N-ethyl adjacent to an activating group) is 1. The highest BCUT2D eigenvalue weighted by Crippen LogP contribution is 2.52. The summed E-state index contributed by atoms with van der Waals surface area (Å²) in [5.74, 6) is -1.74. The van der Waals surface area contributed by atoms with E-state index >= 15 is 0 Å². The van der Waals surface area contributed by atoms with Crippen molar-refractivity contribution >= 4 is 23.2 Å². The number of aliphatic hydroxyl groups excluding tert-OH is 3. The van der Waals surface area contributed by atoms with Crippen LogP contribution in [0, 0.1) is 23.7 Å². The molecule has 4 atom stereocenters. The molecule has 3 aliphatic rings. The lowest BCUT2D eigenvalue weighted by Crippen LogP contribution is -2.65. The van der Waals surface area contributed by atoms with E-state index in [2.05, 4.69) is 11.8 Å². The number of aliphatic hydroxyl groups is 4. The number of Topliss-reactive ketones (excluding diaryl/α,β-unsaturated/α-hetero) is 2. The zero-order chi connectivity index (χ0) is 25.1. The van der Waals surface area contributed by atoms with Crippen molar-refractivity contribution in [1.82, 2.24) is 4.90 Å². The van der Waals surface area contributed by atoms with E-state index in [9.17, 15) is 34.8 Å². The van der Waals surface area contributed by atoms with Crippen molar-refractivity contribution in [1.29, 1.82) is 0 Å². The number of nitrogens with zero attached hydrogens (tertiary/aromatic N) is 1. The molecule has 0 radical (unpaired) electrons. The largest absolute Gasteiger partial charge is 0.508 e. The molecule has 1 fully saturated rings. The van der Waals surface area contributed by atoms with Crippen molar-refractivity contribution in [3.05, 3.63) is 45.7 Å². The minimum absolute atomic E-state index is 0.00567. The quantitative estimate of drug-likeness (QED) is 0.242. The number of hydrogen-bond acceptors (Lipinski definition) is 9. The summed E-state index contributed by atoms with van der Waals surface area (Å²) in [4.78, 5) is 40.1. The fraction of sp³-hybridized carbons (Fsp3) is 0.375. The van der Waals surface area contributed by atoms with Crippen LogP contribution in [0.5, 0.6) is 5.75 Å². The molecule has 0 spiro atoms. The molecular weight excluding hydrogens is 444 g/mol. The lowest BCUT2D eigenvalue weighted by molar-refractivity contribution is -0.153. The molecule has 1 amide bonds. The number of rotatable bonds is 2. The number of nitrogens with two attached hydrogens (primary N) is 1. The predicted molar refractivity (Wildman–Crippen MR) is 118 cm³/mol. The molecule has 1 aromatic carbocycles. The van der Waals surface area contributed by atoms with Crippen LogP contribution in [0.1, 0.15) is 23.1 Å². The molecule has 0 saturated heterocycles. The van der Waals surface area contributed by atoms with Crippen molar-refractivity contribution in [2.75, 3.05) is 20.7 Å². The molecule has 1 saturated carbocycles. The number of phenolic OH excluding ortho intramolecular Hbond substituents is 1. The Kier molecular flexibility index (Phi) is 5.52. The zero-order valence-electron chi connectivity index (χ0n) is 18.5. The van der Waals surface area contributed by atoms with Gasteiger partial charge in [-0.15, -0.1) is 0 Å². The van der Waals surface area contributed by atoms with Crippen LogP contribution in [0.2, 0.25) is 0 Å².